The number of aromatic nitrogens is 2. The molecule has 1 aliphatic rings. The number of nitrogens with zero attached hydrogens (tertiary/aromatic N) is 2. The minimum atomic E-state index is -0.281. The number of hydrogen-bond donors (Lipinski definition) is 2. The van der Waals surface area contributed by atoms with E-state index in [2.05, 4.69) is 15.6 Å². The summed E-state index contributed by atoms with van der Waals surface area (Å²) in [5.74, 6) is 1.21. The first-order chi connectivity index (χ1) is 11.2. The van der Waals surface area contributed by atoms with Crippen molar-refractivity contribution in [2.24, 2.45) is 13.0 Å². The van der Waals surface area contributed by atoms with Gasteiger partial charge >= 0.3 is 6.03 Å². The second-order valence-electron chi connectivity index (χ2n) is 5.82. The van der Waals surface area contributed by atoms with E-state index in [0.29, 0.717) is 12.5 Å². The Morgan fingerprint density at radius 1 is 1.43 bits per heavy atom. The molecular weight excluding hydrogens is 292 g/mol. The van der Waals surface area contributed by atoms with Gasteiger partial charge in [0.05, 0.1) is 6.61 Å². The molecule has 3 rings (SSSR count). The molecule has 2 aromatic rings. The van der Waals surface area contributed by atoms with Crippen molar-refractivity contribution < 1.29 is 9.53 Å². The number of hydrogen-bond acceptors (Lipinski definition) is 3. The minimum Gasteiger partial charge on any atom is -0.381 e. The highest BCUT2D eigenvalue weighted by molar-refractivity contribution is 5.74. The van der Waals surface area contributed by atoms with Gasteiger partial charge in [0.2, 0.25) is 0 Å². The molecule has 6 heteroatoms. The van der Waals surface area contributed by atoms with Crippen molar-refractivity contribution in [3.63, 3.8) is 0 Å². The van der Waals surface area contributed by atoms with Crippen LogP contribution in [-0.2, 0) is 11.8 Å². The van der Waals surface area contributed by atoms with Crippen molar-refractivity contribution in [1.29, 1.82) is 0 Å². The van der Waals surface area contributed by atoms with Crippen molar-refractivity contribution in [2.45, 2.75) is 12.5 Å². The molecule has 1 aromatic heterocycles. The van der Waals surface area contributed by atoms with Crippen LogP contribution in [0.3, 0.4) is 0 Å². The van der Waals surface area contributed by atoms with Gasteiger partial charge in [-0.3, -0.25) is 0 Å². The number of carbonyl (C=O) groups is 1. The smallest absolute Gasteiger partial charge is 0.315 e. The van der Waals surface area contributed by atoms with Crippen LogP contribution in [0.4, 0.5) is 4.79 Å². The predicted molar refractivity (Wildman–Crippen MR) is 87.0 cm³/mol. The molecule has 1 aliphatic heterocycles. The summed E-state index contributed by atoms with van der Waals surface area (Å²) in [5, 5.41) is 5.97. The van der Waals surface area contributed by atoms with Crippen LogP contribution in [0.1, 0.15) is 23.9 Å². The first-order valence-corrected chi connectivity index (χ1v) is 7.88. The second-order valence-corrected chi connectivity index (χ2v) is 5.82. The third kappa shape index (κ3) is 3.90. The monoisotopic (exact) mass is 314 g/mol. The molecular formula is C17H22N4O2. The molecule has 122 valence electrons. The summed E-state index contributed by atoms with van der Waals surface area (Å²) >= 11 is 0. The molecule has 1 aromatic carbocycles. The number of benzene rings is 1. The molecule has 0 aliphatic carbocycles. The lowest BCUT2D eigenvalue weighted by atomic mass is 10.1. The van der Waals surface area contributed by atoms with Crippen LogP contribution in [0.25, 0.3) is 0 Å². The van der Waals surface area contributed by atoms with Crippen LogP contribution in [0.2, 0.25) is 0 Å². The molecule has 1 saturated heterocycles. The maximum atomic E-state index is 12.3. The SMILES string of the molecule is Cn1ccnc1[C@@H](NC(=O)NC[C@@H]1CCOC1)c1ccccc1. The molecule has 2 heterocycles. The lowest BCUT2D eigenvalue weighted by Crippen LogP contribution is -2.41. The summed E-state index contributed by atoms with van der Waals surface area (Å²) in [7, 11) is 1.92. The number of rotatable bonds is 5. The average molecular weight is 314 g/mol. The highest BCUT2D eigenvalue weighted by atomic mass is 16.5. The van der Waals surface area contributed by atoms with Crippen LogP contribution >= 0.6 is 0 Å². The van der Waals surface area contributed by atoms with Crippen molar-refractivity contribution in [1.82, 2.24) is 20.2 Å². The van der Waals surface area contributed by atoms with Crippen molar-refractivity contribution >= 4 is 6.03 Å². The summed E-state index contributed by atoms with van der Waals surface area (Å²) in [4.78, 5) is 16.7. The zero-order chi connectivity index (χ0) is 16.1. The Morgan fingerprint density at radius 2 is 2.26 bits per heavy atom. The van der Waals surface area contributed by atoms with E-state index in [9.17, 15) is 4.79 Å². The summed E-state index contributed by atoms with van der Waals surface area (Å²) in [6, 6.07) is 9.39. The number of carbonyl (C=O) groups excluding carboxylic acids is 1. The van der Waals surface area contributed by atoms with Gasteiger partial charge in [-0.05, 0) is 12.0 Å². The standard InChI is InChI=1S/C17H22N4O2/c1-21-9-8-18-16(21)15(14-5-3-2-4-6-14)20-17(22)19-11-13-7-10-23-12-13/h2-6,8-9,13,15H,7,10-12H2,1H3,(H2,19,20,22)/t13-,15-/m0/s1. The normalized spacial score (nSPS) is 18.6. The highest BCUT2D eigenvalue weighted by Crippen LogP contribution is 2.20. The van der Waals surface area contributed by atoms with Gasteiger partial charge in [0.25, 0.3) is 0 Å². The Bertz CT molecular complexity index is 635. The summed E-state index contributed by atoms with van der Waals surface area (Å²) in [5.41, 5.74) is 1.00. The van der Waals surface area contributed by atoms with Crippen molar-refractivity contribution in [3.05, 3.63) is 54.1 Å². The lowest BCUT2D eigenvalue weighted by molar-refractivity contribution is 0.185. The third-order valence-electron chi connectivity index (χ3n) is 4.10. The maximum absolute atomic E-state index is 12.3. The molecule has 2 amide bonds. The third-order valence-corrected chi connectivity index (χ3v) is 4.10. The molecule has 1 fully saturated rings. The number of amides is 2. The molecule has 0 spiro atoms. The fraction of sp³-hybridized carbons (Fsp3) is 0.412. The van der Waals surface area contributed by atoms with Crippen molar-refractivity contribution in [2.75, 3.05) is 19.8 Å². The topological polar surface area (TPSA) is 68.2 Å². The van der Waals surface area contributed by atoms with E-state index in [1.165, 1.54) is 0 Å². The molecule has 0 unspecified atom stereocenters. The van der Waals surface area contributed by atoms with Gasteiger partial charge in [0.15, 0.2) is 0 Å². The number of nitrogens with one attached hydrogen (secondary N) is 2. The Hall–Kier alpha value is -2.34. The molecule has 0 bridgehead atoms. The van der Waals surface area contributed by atoms with E-state index in [-0.39, 0.29) is 12.1 Å². The predicted octanol–water partition coefficient (Wildman–Crippen LogP) is 1.85. The van der Waals surface area contributed by atoms with Gasteiger partial charge in [0.1, 0.15) is 11.9 Å². The number of aryl methyl sites for hydroxylation is 1. The van der Waals surface area contributed by atoms with Crippen LogP contribution in [0.5, 0.6) is 0 Å². The van der Waals surface area contributed by atoms with Gasteiger partial charge in [0, 0.05) is 38.5 Å². The van der Waals surface area contributed by atoms with E-state index in [0.717, 1.165) is 31.0 Å². The zero-order valence-corrected chi connectivity index (χ0v) is 13.2. The number of ether oxygens (including phenoxy) is 1. The highest BCUT2D eigenvalue weighted by Gasteiger charge is 2.21. The fourth-order valence-corrected chi connectivity index (χ4v) is 2.76. The van der Waals surface area contributed by atoms with E-state index in [1.807, 2.05) is 48.1 Å². The van der Waals surface area contributed by atoms with Crippen LogP contribution < -0.4 is 10.6 Å². The number of urea groups is 1. The molecule has 0 saturated carbocycles. The maximum Gasteiger partial charge on any atom is 0.315 e. The second kappa shape index (κ2) is 7.28. The zero-order valence-electron chi connectivity index (χ0n) is 13.2. The lowest BCUT2D eigenvalue weighted by Gasteiger charge is -2.20. The van der Waals surface area contributed by atoms with E-state index >= 15 is 0 Å². The van der Waals surface area contributed by atoms with Gasteiger partial charge in [-0.1, -0.05) is 30.3 Å². The fourth-order valence-electron chi connectivity index (χ4n) is 2.76. The molecule has 0 radical (unpaired) electrons. The van der Waals surface area contributed by atoms with Gasteiger partial charge in [-0.25, -0.2) is 9.78 Å². The van der Waals surface area contributed by atoms with Gasteiger partial charge in [-0.15, -0.1) is 0 Å². The molecule has 2 N–H and O–H groups in total. The summed E-state index contributed by atoms with van der Waals surface area (Å²) in [6.45, 7) is 2.14. The Morgan fingerprint density at radius 3 is 2.91 bits per heavy atom. The minimum absolute atomic E-state index is 0.186. The van der Waals surface area contributed by atoms with Crippen molar-refractivity contribution in [3.8, 4) is 0 Å². The molecule has 23 heavy (non-hydrogen) atoms. The van der Waals surface area contributed by atoms with Crippen LogP contribution in [-0.4, -0.2) is 35.3 Å². The Kier molecular flexibility index (Phi) is 4.92. The summed E-state index contributed by atoms with van der Waals surface area (Å²) < 4.78 is 7.25. The summed E-state index contributed by atoms with van der Waals surface area (Å²) in [6.07, 6.45) is 4.61. The van der Waals surface area contributed by atoms with Crippen LogP contribution in [0, 0.1) is 5.92 Å². The van der Waals surface area contributed by atoms with E-state index < -0.39 is 0 Å². The average Bonchev–Trinajstić information content (AvgIpc) is 3.23. The first-order valence-electron chi connectivity index (χ1n) is 7.88. The molecule has 2 atom stereocenters. The van der Waals surface area contributed by atoms with E-state index in [1.54, 1.807) is 6.20 Å². The Balaban J connectivity index is 1.68. The van der Waals surface area contributed by atoms with E-state index in [4.69, 9.17) is 4.74 Å². The quantitative estimate of drug-likeness (QED) is 0.885. The van der Waals surface area contributed by atoms with Gasteiger partial charge < -0.3 is 19.9 Å². The van der Waals surface area contributed by atoms with Crippen LogP contribution in [0.15, 0.2) is 42.7 Å². The molecule has 6 nitrogen and oxygen atoms in total. The van der Waals surface area contributed by atoms with Gasteiger partial charge in [-0.2, -0.15) is 0 Å². The largest absolute Gasteiger partial charge is 0.381 e. The Labute approximate surface area is 135 Å². The first kappa shape index (κ1) is 15.6. The number of imidazole rings is 1.